The molecule has 84 valence electrons. The minimum absolute atomic E-state index is 0.340. The summed E-state index contributed by atoms with van der Waals surface area (Å²) in [5.74, 6) is 1.33. The van der Waals surface area contributed by atoms with Crippen LogP contribution in [0.15, 0.2) is 12.4 Å². The summed E-state index contributed by atoms with van der Waals surface area (Å²) in [5.41, 5.74) is 0. The van der Waals surface area contributed by atoms with Gasteiger partial charge in [0.1, 0.15) is 18.8 Å². The first-order valence-corrected chi connectivity index (χ1v) is 4.92. The number of rotatable bonds is 6. The number of hydrogen-bond acceptors (Lipinski definition) is 5. The Morgan fingerprint density at radius 1 is 1.33 bits per heavy atom. The molecule has 0 bridgehead atoms. The average Bonchev–Trinajstić information content (AvgIpc) is 2.18. The maximum absolute atomic E-state index is 5.35. The number of hydrogen-bond donors (Lipinski definition) is 1. The van der Waals surface area contributed by atoms with E-state index in [4.69, 9.17) is 9.47 Å². The third-order valence-corrected chi connectivity index (χ3v) is 1.62. The second-order valence-electron chi connectivity index (χ2n) is 3.38. The molecule has 0 aliphatic heterocycles. The molecule has 1 aromatic heterocycles. The summed E-state index contributed by atoms with van der Waals surface area (Å²) >= 11 is 0. The van der Waals surface area contributed by atoms with Crippen LogP contribution in [0.4, 0.5) is 5.82 Å². The number of ether oxygens (including phenoxy) is 2. The highest BCUT2D eigenvalue weighted by atomic mass is 16.5. The van der Waals surface area contributed by atoms with Gasteiger partial charge in [-0.15, -0.1) is 0 Å². The lowest BCUT2D eigenvalue weighted by atomic mass is 10.4. The van der Waals surface area contributed by atoms with E-state index in [0.717, 1.165) is 5.82 Å². The monoisotopic (exact) mass is 211 g/mol. The molecule has 1 N–H and O–H groups in total. The minimum Gasteiger partial charge on any atom is -0.475 e. The Kier molecular flexibility index (Phi) is 4.83. The van der Waals surface area contributed by atoms with Crippen LogP contribution in [-0.2, 0) is 4.74 Å². The predicted octanol–water partition coefficient (Wildman–Crippen LogP) is 1.32. The first-order valence-electron chi connectivity index (χ1n) is 4.92. The van der Waals surface area contributed by atoms with E-state index in [9.17, 15) is 0 Å². The topological polar surface area (TPSA) is 56.3 Å². The van der Waals surface area contributed by atoms with Crippen LogP contribution in [0.3, 0.4) is 0 Å². The Morgan fingerprint density at radius 3 is 2.80 bits per heavy atom. The number of nitrogens with one attached hydrogen (secondary N) is 1. The van der Waals surface area contributed by atoms with Gasteiger partial charge in [0.25, 0.3) is 0 Å². The summed E-state index contributed by atoms with van der Waals surface area (Å²) in [7, 11) is 1.63. The molecule has 1 rings (SSSR count). The summed E-state index contributed by atoms with van der Waals surface area (Å²) < 4.78 is 10.2. The Hall–Kier alpha value is -1.36. The first kappa shape index (κ1) is 11.7. The molecule has 0 fully saturated rings. The van der Waals surface area contributed by atoms with Gasteiger partial charge in [-0.1, -0.05) is 0 Å². The smallest absolute Gasteiger partial charge is 0.218 e. The van der Waals surface area contributed by atoms with Gasteiger partial charge in [0.15, 0.2) is 0 Å². The summed E-state index contributed by atoms with van der Waals surface area (Å²) in [6.45, 7) is 5.15. The molecule has 0 aromatic carbocycles. The Balaban J connectivity index is 2.50. The summed E-state index contributed by atoms with van der Waals surface area (Å²) in [5, 5.41) is 3.17. The highest BCUT2D eigenvalue weighted by Gasteiger charge is 2.00. The van der Waals surface area contributed by atoms with Gasteiger partial charge in [-0.3, -0.25) is 0 Å². The van der Waals surface area contributed by atoms with Crippen LogP contribution in [-0.4, -0.2) is 36.3 Å². The van der Waals surface area contributed by atoms with Crippen LogP contribution in [0.25, 0.3) is 0 Å². The van der Waals surface area contributed by atoms with Crippen LogP contribution in [0.1, 0.15) is 13.8 Å². The van der Waals surface area contributed by atoms with Crippen molar-refractivity contribution in [3.8, 4) is 5.88 Å². The highest BCUT2D eigenvalue weighted by molar-refractivity contribution is 5.37. The van der Waals surface area contributed by atoms with Crippen LogP contribution >= 0.6 is 0 Å². The van der Waals surface area contributed by atoms with E-state index in [0.29, 0.717) is 25.1 Å². The van der Waals surface area contributed by atoms with Gasteiger partial charge in [0, 0.05) is 19.2 Å². The summed E-state index contributed by atoms with van der Waals surface area (Å²) in [6, 6.07) is 2.11. The van der Waals surface area contributed by atoms with Crippen molar-refractivity contribution in [1.82, 2.24) is 9.97 Å². The molecular weight excluding hydrogens is 194 g/mol. The number of aromatic nitrogens is 2. The first-order chi connectivity index (χ1) is 7.22. The fourth-order valence-corrected chi connectivity index (χ4v) is 1.02. The second kappa shape index (κ2) is 6.19. The van der Waals surface area contributed by atoms with Gasteiger partial charge in [-0.2, -0.15) is 0 Å². The zero-order valence-electron chi connectivity index (χ0n) is 9.36. The van der Waals surface area contributed by atoms with Crippen molar-refractivity contribution < 1.29 is 9.47 Å². The van der Waals surface area contributed by atoms with E-state index in [1.807, 2.05) is 13.8 Å². The van der Waals surface area contributed by atoms with Crippen molar-refractivity contribution in [2.24, 2.45) is 0 Å². The maximum Gasteiger partial charge on any atom is 0.218 e. The van der Waals surface area contributed by atoms with Gasteiger partial charge >= 0.3 is 0 Å². The molecule has 0 saturated heterocycles. The van der Waals surface area contributed by atoms with Crippen molar-refractivity contribution in [1.29, 1.82) is 0 Å². The van der Waals surface area contributed by atoms with Crippen LogP contribution in [0.2, 0.25) is 0 Å². The van der Waals surface area contributed by atoms with Crippen molar-refractivity contribution in [2.75, 3.05) is 25.6 Å². The Labute approximate surface area is 89.8 Å². The molecule has 5 heteroatoms. The van der Waals surface area contributed by atoms with Crippen molar-refractivity contribution in [3.05, 3.63) is 12.4 Å². The standard InChI is InChI=1S/C10H17N3O2/c1-8(2)13-9-6-10(12-7-11-9)15-5-4-14-3/h6-8H,4-5H2,1-3H3,(H,11,12,13). The Bertz CT molecular complexity index is 292. The molecule has 1 heterocycles. The van der Waals surface area contributed by atoms with E-state index in [1.165, 1.54) is 6.33 Å². The molecule has 1 aromatic rings. The SMILES string of the molecule is COCCOc1cc(NC(C)C)ncn1. The minimum atomic E-state index is 0.340. The number of methoxy groups -OCH3 is 1. The van der Waals surface area contributed by atoms with Gasteiger partial charge in [-0.25, -0.2) is 9.97 Å². The second-order valence-corrected chi connectivity index (χ2v) is 3.38. The zero-order valence-corrected chi connectivity index (χ0v) is 9.36. The van der Waals surface area contributed by atoms with E-state index in [2.05, 4.69) is 15.3 Å². The lowest BCUT2D eigenvalue weighted by molar-refractivity contribution is 0.143. The molecule has 0 aliphatic rings. The Morgan fingerprint density at radius 2 is 2.13 bits per heavy atom. The molecule has 0 aliphatic carbocycles. The van der Waals surface area contributed by atoms with E-state index in [1.54, 1.807) is 13.2 Å². The molecule has 0 amide bonds. The predicted molar refractivity (Wildman–Crippen MR) is 58.2 cm³/mol. The summed E-state index contributed by atoms with van der Waals surface area (Å²) in [6.07, 6.45) is 1.48. The van der Waals surface area contributed by atoms with Gasteiger partial charge in [0.05, 0.1) is 6.61 Å². The largest absolute Gasteiger partial charge is 0.475 e. The zero-order chi connectivity index (χ0) is 11.1. The lowest BCUT2D eigenvalue weighted by Crippen LogP contribution is -2.12. The fraction of sp³-hybridized carbons (Fsp3) is 0.600. The lowest BCUT2D eigenvalue weighted by Gasteiger charge is -2.09. The number of anilines is 1. The third kappa shape index (κ3) is 4.60. The maximum atomic E-state index is 5.35. The molecular formula is C10H17N3O2. The third-order valence-electron chi connectivity index (χ3n) is 1.62. The van der Waals surface area contributed by atoms with Crippen molar-refractivity contribution >= 4 is 5.82 Å². The van der Waals surface area contributed by atoms with Gasteiger partial charge in [0.2, 0.25) is 5.88 Å². The number of nitrogens with zero attached hydrogens (tertiary/aromatic N) is 2. The van der Waals surface area contributed by atoms with Crippen LogP contribution < -0.4 is 10.1 Å². The fourth-order valence-electron chi connectivity index (χ4n) is 1.02. The van der Waals surface area contributed by atoms with Gasteiger partial charge in [-0.05, 0) is 13.8 Å². The molecule has 5 nitrogen and oxygen atoms in total. The normalized spacial score (nSPS) is 10.4. The molecule has 15 heavy (non-hydrogen) atoms. The van der Waals surface area contributed by atoms with Crippen molar-refractivity contribution in [3.63, 3.8) is 0 Å². The van der Waals surface area contributed by atoms with Crippen LogP contribution in [0, 0.1) is 0 Å². The quantitative estimate of drug-likeness (QED) is 0.719. The molecule has 0 atom stereocenters. The average molecular weight is 211 g/mol. The van der Waals surface area contributed by atoms with E-state index < -0.39 is 0 Å². The van der Waals surface area contributed by atoms with E-state index in [-0.39, 0.29) is 0 Å². The molecule has 0 radical (unpaired) electrons. The van der Waals surface area contributed by atoms with Crippen LogP contribution in [0.5, 0.6) is 5.88 Å². The van der Waals surface area contributed by atoms with Crippen molar-refractivity contribution in [2.45, 2.75) is 19.9 Å². The molecule has 0 unspecified atom stereocenters. The molecule has 0 spiro atoms. The van der Waals surface area contributed by atoms with Gasteiger partial charge < -0.3 is 14.8 Å². The highest BCUT2D eigenvalue weighted by Crippen LogP contribution is 2.11. The van der Waals surface area contributed by atoms with E-state index >= 15 is 0 Å². The molecule has 0 saturated carbocycles. The summed E-state index contributed by atoms with van der Waals surface area (Å²) in [4.78, 5) is 8.06.